The molecular weight excluding hydrogens is 447 g/mol. The third kappa shape index (κ3) is 3.73. The quantitative estimate of drug-likeness (QED) is 0.590. The van der Waals surface area contributed by atoms with Gasteiger partial charge in [0.25, 0.3) is 0 Å². The van der Waals surface area contributed by atoms with Crippen molar-refractivity contribution in [1.82, 2.24) is 4.98 Å². The van der Waals surface area contributed by atoms with Crippen molar-refractivity contribution in [2.24, 2.45) is 0 Å². The molecule has 0 bridgehead atoms. The Morgan fingerprint density at radius 2 is 1.61 bits per heavy atom. The summed E-state index contributed by atoms with van der Waals surface area (Å²) in [6, 6.07) is 1.47. The normalized spacial score (nSPS) is 11.2. The summed E-state index contributed by atoms with van der Waals surface area (Å²) >= 11 is 2.83. The van der Waals surface area contributed by atoms with Crippen molar-refractivity contribution in [3.63, 3.8) is 0 Å². The number of alkyl halides is 3. The van der Waals surface area contributed by atoms with E-state index < -0.39 is 29.0 Å². The maximum Gasteiger partial charge on any atom is 0.418 e. The Labute approximate surface area is 167 Å². The van der Waals surface area contributed by atoms with Crippen molar-refractivity contribution >= 4 is 21.7 Å². The van der Waals surface area contributed by atoms with E-state index >= 15 is 0 Å². The Hall–Kier alpha value is -2.49. The molecule has 1 aromatic heterocycles. The predicted molar refractivity (Wildman–Crippen MR) is 97.8 cm³/mol. The van der Waals surface area contributed by atoms with Gasteiger partial charge < -0.3 is 18.9 Å². The number of nitrogens with zero attached hydrogens (tertiary/aromatic N) is 1. The molecule has 0 unspecified atom stereocenters. The van der Waals surface area contributed by atoms with Crippen LogP contribution in [0, 0.1) is 6.92 Å². The maximum atomic E-state index is 13.7. The minimum absolute atomic E-state index is 0.0560. The summed E-state index contributed by atoms with van der Waals surface area (Å²) in [5, 5.41) is 0. The first kappa shape index (κ1) is 21.8. The summed E-state index contributed by atoms with van der Waals surface area (Å²) in [4.78, 5) is 17.1. The monoisotopic (exact) mass is 463 g/mol. The van der Waals surface area contributed by atoms with Gasteiger partial charge in [-0.2, -0.15) is 13.2 Å². The van der Waals surface area contributed by atoms with Crippen molar-refractivity contribution in [3.8, 4) is 23.1 Å². The summed E-state index contributed by atoms with van der Waals surface area (Å²) in [7, 11) is 5.12. The zero-order valence-electron chi connectivity index (χ0n) is 15.7. The zero-order chi connectivity index (χ0) is 21.2. The van der Waals surface area contributed by atoms with Crippen LogP contribution in [0.1, 0.15) is 27.0 Å². The molecule has 0 aliphatic rings. The van der Waals surface area contributed by atoms with Crippen LogP contribution < -0.4 is 18.9 Å². The van der Waals surface area contributed by atoms with Crippen molar-refractivity contribution in [3.05, 3.63) is 39.0 Å². The zero-order valence-corrected chi connectivity index (χ0v) is 17.2. The topological polar surface area (TPSA) is 66.9 Å². The molecule has 0 amide bonds. The van der Waals surface area contributed by atoms with E-state index in [2.05, 4.69) is 20.9 Å². The van der Waals surface area contributed by atoms with Crippen LogP contribution in [0.5, 0.6) is 23.1 Å². The fourth-order valence-electron chi connectivity index (χ4n) is 2.80. The van der Waals surface area contributed by atoms with E-state index in [1.807, 2.05) is 0 Å². The molecular formula is C18H17BrF3NO5. The standard InChI is InChI=1S/C18H17BrF3NO5/c1-8-6-10(25-2)15(26-3)16(27-4)11(8)14(24)12-13(18(20,21)22)9(19)7-23-17(12)28-5/h6-7H,1-5H3. The number of aromatic nitrogens is 1. The summed E-state index contributed by atoms with van der Waals surface area (Å²) in [6.07, 6.45) is -3.91. The van der Waals surface area contributed by atoms with E-state index in [0.717, 1.165) is 13.3 Å². The second-order valence-corrected chi connectivity index (χ2v) is 6.38. The minimum Gasteiger partial charge on any atom is -0.493 e. The van der Waals surface area contributed by atoms with Gasteiger partial charge in [0, 0.05) is 10.7 Å². The van der Waals surface area contributed by atoms with Crippen molar-refractivity contribution in [2.45, 2.75) is 13.1 Å². The first-order valence-corrected chi connectivity index (χ1v) is 8.55. The Bertz CT molecular complexity index is 915. The number of hydrogen-bond acceptors (Lipinski definition) is 6. The van der Waals surface area contributed by atoms with Crippen LogP contribution in [0.25, 0.3) is 0 Å². The number of hydrogen-bond donors (Lipinski definition) is 0. The first-order chi connectivity index (χ1) is 13.1. The van der Waals surface area contributed by atoms with Crippen LogP contribution in [-0.4, -0.2) is 39.2 Å². The van der Waals surface area contributed by atoms with Gasteiger partial charge >= 0.3 is 6.18 Å². The molecule has 28 heavy (non-hydrogen) atoms. The van der Waals surface area contributed by atoms with Gasteiger partial charge in [0.05, 0.1) is 45.1 Å². The van der Waals surface area contributed by atoms with E-state index in [1.54, 1.807) is 6.92 Å². The number of carbonyl (C=O) groups excluding carboxylic acids is 1. The lowest BCUT2D eigenvalue weighted by Gasteiger charge is -2.20. The summed E-state index contributed by atoms with van der Waals surface area (Å²) in [5.41, 5.74) is -1.72. The highest BCUT2D eigenvalue weighted by atomic mass is 79.9. The third-order valence-corrected chi connectivity index (χ3v) is 4.56. The summed E-state index contributed by atoms with van der Waals surface area (Å²) in [5.74, 6) is -1.15. The predicted octanol–water partition coefficient (Wildman–Crippen LogP) is 4.44. The van der Waals surface area contributed by atoms with Crippen molar-refractivity contribution in [2.75, 3.05) is 28.4 Å². The molecule has 10 heteroatoms. The van der Waals surface area contributed by atoms with E-state index in [9.17, 15) is 18.0 Å². The number of rotatable bonds is 6. The number of benzene rings is 1. The maximum absolute atomic E-state index is 13.7. The van der Waals surface area contributed by atoms with Gasteiger partial charge in [0.15, 0.2) is 11.5 Å². The van der Waals surface area contributed by atoms with Crippen LogP contribution in [-0.2, 0) is 6.18 Å². The molecule has 0 atom stereocenters. The number of halogens is 4. The fraction of sp³-hybridized carbons (Fsp3) is 0.333. The average molecular weight is 464 g/mol. The van der Waals surface area contributed by atoms with Gasteiger partial charge in [-0.3, -0.25) is 4.79 Å². The van der Waals surface area contributed by atoms with Crippen LogP contribution in [0.15, 0.2) is 16.7 Å². The molecule has 0 fully saturated rings. The number of methoxy groups -OCH3 is 4. The molecule has 0 saturated carbocycles. The second kappa shape index (κ2) is 8.26. The Kier molecular flexibility index (Phi) is 6.43. The molecule has 0 radical (unpaired) electrons. The van der Waals surface area contributed by atoms with Gasteiger partial charge in [-0.25, -0.2) is 4.98 Å². The molecule has 1 heterocycles. The molecule has 2 aromatic rings. The van der Waals surface area contributed by atoms with Gasteiger partial charge in [0.2, 0.25) is 17.4 Å². The number of aryl methyl sites for hydroxylation is 1. The molecule has 6 nitrogen and oxygen atoms in total. The van der Waals surface area contributed by atoms with Crippen LogP contribution in [0.3, 0.4) is 0 Å². The highest BCUT2D eigenvalue weighted by molar-refractivity contribution is 9.10. The SMILES string of the molecule is COc1cc(C)c(C(=O)c2c(OC)ncc(Br)c2C(F)(F)F)c(OC)c1OC. The number of ketones is 1. The lowest BCUT2D eigenvalue weighted by molar-refractivity contribution is -0.138. The molecule has 2 rings (SSSR count). The second-order valence-electron chi connectivity index (χ2n) is 5.53. The number of pyridine rings is 1. The Balaban J connectivity index is 2.90. The molecule has 0 N–H and O–H groups in total. The fourth-order valence-corrected chi connectivity index (χ4v) is 3.32. The van der Waals surface area contributed by atoms with Crippen molar-refractivity contribution < 1.29 is 36.9 Å². The van der Waals surface area contributed by atoms with Gasteiger partial charge in [-0.1, -0.05) is 0 Å². The van der Waals surface area contributed by atoms with Crippen LogP contribution in [0.2, 0.25) is 0 Å². The first-order valence-electron chi connectivity index (χ1n) is 7.76. The summed E-state index contributed by atoms with van der Waals surface area (Å²) in [6.45, 7) is 1.54. The average Bonchev–Trinajstić information content (AvgIpc) is 2.64. The summed E-state index contributed by atoms with van der Waals surface area (Å²) < 4.78 is 61.4. The number of ether oxygens (including phenoxy) is 4. The van der Waals surface area contributed by atoms with Gasteiger partial charge in [0.1, 0.15) is 0 Å². The lowest BCUT2D eigenvalue weighted by Crippen LogP contribution is -2.18. The minimum atomic E-state index is -4.84. The van der Waals surface area contributed by atoms with Crippen molar-refractivity contribution in [1.29, 1.82) is 0 Å². The van der Waals surface area contributed by atoms with E-state index in [-0.39, 0.29) is 27.3 Å². The third-order valence-electron chi connectivity index (χ3n) is 3.96. The largest absolute Gasteiger partial charge is 0.493 e. The number of carbonyl (C=O) groups is 1. The van der Waals surface area contributed by atoms with Crippen LogP contribution >= 0.6 is 15.9 Å². The van der Waals surface area contributed by atoms with Crippen LogP contribution in [0.4, 0.5) is 13.2 Å². The Morgan fingerprint density at radius 1 is 1.00 bits per heavy atom. The lowest BCUT2D eigenvalue weighted by atomic mass is 9.94. The highest BCUT2D eigenvalue weighted by Gasteiger charge is 2.41. The van der Waals surface area contributed by atoms with E-state index in [1.165, 1.54) is 27.4 Å². The van der Waals surface area contributed by atoms with Gasteiger partial charge in [-0.15, -0.1) is 0 Å². The molecule has 0 saturated heterocycles. The molecule has 1 aromatic carbocycles. The highest BCUT2D eigenvalue weighted by Crippen LogP contribution is 2.46. The van der Waals surface area contributed by atoms with Gasteiger partial charge in [-0.05, 0) is 34.5 Å². The molecule has 0 aliphatic carbocycles. The molecule has 0 spiro atoms. The van der Waals surface area contributed by atoms with E-state index in [0.29, 0.717) is 5.56 Å². The molecule has 152 valence electrons. The Morgan fingerprint density at radius 3 is 2.07 bits per heavy atom. The van der Waals surface area contributed by atoms with E-state index in [4.69, 9.17) is 18.9 Å². The molecule has 0 aliphatic heterocycles. The smallest absolute Gasteiger partial charge is 0.418 e.